The van der Waals surface area contributed by atoms with Crippen molar-refractivity contribution < 1.29 is 4.74 Å². The number of nitrogens with two attached hydrogens (primary N) is 1. The maximum atomic E-state index is 5.83. The molecule has 1 heterocycles. The van der Waals surface area contributed by atoms with Crippen LogP contribution in [0.5, 0.6) is 5.75 Å². The molecular weight excluding hydrogens is 238 g/mol. The maximum absolute atomic E-state index is 5.83. The van der Waals surface area contributed by atoms with Crippen molar-refractivity contribution in [2.24, 2.45) is 12.8 Å². The molecule has 1 aromatic carbocycles. The number of benzene rings is 1. The van der Waals surface area contributed by atoms with Gasteiger partial charge in [0.2, 0.25) is 0 Å². The Kier molecular flexibility index (Phi) is 3.62. The molecular formula is C15H21N3O. The molecule has 0 unspecified atom stereocenters. The van der Waals surface area contributed by atoms with E-state index in [1.165, 1.54) is 16.7 Å². The summed E-state index contributed by atoms with van der Waals surface area (Å²) in [6.45, 7) is 6.74. The van der Waals surface area contributed by atoms with Crippen molar-refractivity contribution in [3.63, 3.8) is 0 Å². The zero-order valence-electron chi connectivity index (χ0n) is 12.2. The minimum Gasteiger partial charge on any atom is -0.496 e. The Balaban J connectivity index is 2.70. The Bertz CT molecular complexity index is 614. The van der Waals surface area contributed by atoms with Crippen LogP contribution in [0.1, 0.15) is 22.4 Å². The van der Waals surface area contributed by atoms with Crippen LogP contribution in [-0.2, 0) is 13.6 Å². The first-order valence-corrected chi connectivity index (χ1v) is 6.37. The van der Waals surface area contributed by atoms with Crippen LogP contribution in [0.15, 0.2) is 12.3 Å². The van der Waals surface area contributed by atoms with Crippen LogP contribution in [0.2, 0.25) is 0 Å². The summed E-state index contributed by atoms with van der Waals surface area (Å²) in [5.74, 6) is 0.958. The van der Waals surface area contributed by atoms with Crippen LogP contribution >= 0.6 is 0 Å². The van der Waals surface area contributed by atoms with Gasteiger partial charge < -0.3 is 10.5 Å². The Morgan fingerprint density at radius 3 is 2.47 bits per heavy atom. The van der Waals surface area contributed by atoms with Crippen molar-refractivity contribution in [1.29, 1.82) is 0 Å². The third-order valence-electron chi connectivity index (χ3n) is 3.78. The zero-order chi connectivity index (χ0) is 14.2. The smallest absolute Gasteiger partial charge is 0.124 e. The number of hydrogen-bond donors (Lipinski definition) is 1. The van der Waals surface area contributed by atoms with Crippen LogP contribution < -0.4 is 10.5 Å². The molecule has 0 aliphatic carbocycles. The molecule has 19 heavy (non-hydrogen) atoms. The van der Waals surface area contributed by atoms with Crippen molar-refractivity contribution in [1.82, 2.24) is 9.78 Å². The van der Waals surface area contributed by atoms with Crippen LogP contribution in [0.25, 0.3) is 11.1 Å². The molecule has 2 aromatic rings. The summed E-state index contributed by atoms with van der Waals surface area (Å²) in [6, 6.07) is 2.15. The summed E-state index contributed by atoms with van der Waals surface area (Å²) >= 11 is 0. The summed E-state index contributed by atoms with van der Waals surface area (Å²) in [4.78, 5) is 0. The highest BCUT2D eigenvalue weighted by Gasteiger charge is 2.16. The van der Waals surface area contributed by atoms with Gasteiger partial charge in [0.1, 0.15) is 5.75 Å². The first kappa shape index (κ1) is 13.6. The van der Waals surface area contributed by atoms with Crippen LogP contribution in [-0.4, -0.2) is 16.9 Å². The lowest BCUT2D eigenvalue weighted by molar-refractivity contribution is 0.408. The summed E-state index contributed by atoms with van der Waals surface area (Å²) in [5.41, 5.74) is 12.7. The van der Waals surface area contributed by atoms with Crippen LogP contribution in [0, 0.1) is 20.8 Å². The molecule has 0 fully saturated rings. The zero-order valence-corrected chi connectivity index (χ0v) is 12.2. The SMILES string of the molecule is COc1c(C)cc(-c2cnn(C)c2CN)c(C)c1C. The van der Waals surface area contributed by atoms with E-state index in [-0.39, 0.29) is 0 Å². The second-order valence-electron chi connectivity index (χ2n) is 4.86. The predicted molar refractivity (Wildman–Crippen MR) is 77.3 cm³/mol. The van der Waals surface area contributed by atoms with Crippen LogP contribution in [0.3, 0.4) is 0 Å². The lowest BCUT2D eigenvalue weighted by Gasteiger charge is -2.16. The second-order valence-corrected chi connectivity index (χ2v) is 4.86. The number of hydrogen-bond acceptors (Lipinski definition) is 3. The first-order chi connectivity index (χ1) is 9.01. The van der Waals surface area contributed by atoms with Crippen LogP contribution in [0.4, 0.5) is 0 Å². The van der Waals surface area contributed by atoms with E-state index in [0.717, 1.165) is 22.6 Å². The van der Waals surface area contributed by atoms with Gasteiger partial charge in [-0.1, -0.05) is 0 Å². The molecule has 0 saturated heterocycles. The Labute approximate surface area is 114 Å². The molecule has 4 nitrogen and oxygen atoms in total. The standard InChI is InChI=1S/C15H21N3O/c1-9-6-12(10(2)11(3)15(9)19-5)13-8-17-18(4)14(13)7-16/h6,8H,7,16H2,1-5H3. The topological polar surface area (TPSA) is 53.1 Å². The number of methoxy groups -OCH3 is 1. The van der Waals surface area contributed by atoms with Gasteiger partial charge >= 0.3 is 0 Å². The lowest BCUT2D eigenvalue weighted by Crippen LogP contribution is -2.06. The fourth-order valence-corrected chi connectivity index (χ4v) is 2.58. The van der Waals surface area contributed by atoms with Gasteiger partial charge in [-0.2, -0.15) is 5.10 Å². The number of aromatic nitrogens is 2. The summed E-state index contributed by atoms with van der Waals surface area (Å²) in [5, 5.41) is 4.31. The van der Waals surface area contributed by atoms with Gasteiger partial charge in [0.15, 0.2) is 0 Å². The van der Waals surface area contributed by atoms with Gasteiger partial charge in [-0.3, -0.25) is 4.68 Å². The highest BCUT2D eigenvalue weighted by Crippen LogP contribution is 2.35. The highest BCUT2D eigenvalue weighted by atomic mass is 16.5. The lowest BCUT2D eigenvalue weighted by atomic mass is 9.94. The molecule has 0 atom stereocenters. The second kappa shape index (κ2) is 5.05. The molecule has 4 heteroatoms. The molecule has 0 saturated carbocycles. The van der Waals surface area contributed by atoms with E-state index in [9.17, 15) is 0 Å². The average Bonchev–Trinajstić information content (AvgIpc) is 2.75. The van der Waals surface area contributed by atoms with Crippen molar-refractivity contribution in [2.45, 2.75) is 27.3 Å². The third kappa shape index (κ3) is 2.12. The van der Waals surface area contributed by atoms with Gasteiger partial charge in [0.05, 0.1) is 19.0 Å². The quantitative estimate of drug-likeness (QED) is 0.921. The number of nitrogens with zero attached hydrogens (tertiary/aromatic N) is 2. The average molecular weight is 259 g/mol. The Morgan fingerprint density at radius 2 is 1.89 bits per heavy atom. The fourth-order valence-electron chi connectivity index (χ4n) is 2.58. The number of rotatable bonds is 3. The largest absolute Gasteiger partial charge is 0.496 e. The van der Waals surface area contributed by atoms with Gasteiger partial charge in [-0.25, -0.2) is 0 Å². The molecule has 0 aliphatic rings. The Morgan fingerprint density at radius 1 is 1.21 bits per heavy atom. The van der Waals surface area contributed by atoms with Crippen molar-refractivity contribution in [3.05, 3.63) is 34.6 Å². The van der Waals surface area contributed by atoms with E-state index in [0.29, 0.717) is 6.54 Å². The molecule has 0 amide bonds. The van der Waals surface area contributed by atoms with Gasteiger partial charge in [0, 0.05) is 19.2 Å². The number of aryl methyl sites for hydroxylation is 2. The minimum absolute atomic E-state index is 0.482. The number of ether oxygens (including phenoxy) is 1. The predicted octanol–water partition coefficient (Wildman–Crippen LogP) is 2.48. The molecule has 102 valence electrons. The van der Waals surface area contributed by atoms with E-state index in [4.69, 9.17) is 10.5 Å². The van der Waals surface area contributed by atoms with Crippen molar-refractivity contribution >= 4 is 0 Å². The first-order valence-electron chi connectivity index (χ1n) is 6.37. The normalized spacial score (nSPS) is 10.8. The Hall–Kier alpha value is -1.81. The summed E-state index contributed by atoms with van der Waals surface area (Å²) in [6.07, 6.45) is 1.88. The molecule has 2 N–H and O–H groups in total. The highest BCUT2D eigenvalue weighted by molar-refractivity contribution is 5.73. The van der Waals surface area contributed by atoms with E-state index in [1.54, 1.807) is 7.11 Å². The van der Waals surface area contributed by atoms with E-state index in [1.807, 2.05) is 17.9 Å². The molecule has 0 aliphatic heterocycles. The minimum atomic E-state index is 0.482. The van der Waals surface area contributed by atoms with E-state index >= 15 is 0 Å². The van der Waals surface area contributed by atoms with Gasteiger partial charge in [-0.05, 0) is 49.1 Å². The monoisotopic (exact) mass is 259 g/mol. The van der Waals surface area contributed by atoms with Crippen molar-refractivity contribution in [2.75, 3.05) is 7.11 Å². The molecule has 0 spiro atoms. The van der Waals surface area contributed by atoms with Crippen molar-refractivity contribution in [3.8, 4) is 16.9 Å². The van der Waals surface area contributed by atoms with Gasteiger partial charge in [0.25, 0.3) is 0 Å². The maximum Gasteiger partial charge on any atom is 0.124 e. The van der Waals surface area contributed by atoms with E-state index in [2.05, 4.69) is 31.9 Å². The summed E-state index contributed by atoms with van der Waals surface area (Å²) in [7, 11) is 3.63. The van der Waals surface area contributed by atoms with E-state index < -0.39 is 0 Å². The van der Waals surface area contributed by atoms with Gasteiger partial charge in [-0.15, -0.1) is 0 Å². The summed E-state index contributed by atoms with van der Waals surface area (Å²) < 4.78 is 7.30. The molecule has 0 radical (unpaired) electrons. The molecule has 2 rings (SSSR count). The molecule has 1 aromatic heterocycles. The third-order valence-corrected chi connectivity index (χ3v) is 3.78. The fraction of sp³-hybridized carbons (Fsp3) is 0.400. The molecule has 0 bridgehead atoms.